The van der Waals surface area contributed by atoms with Crippen molar-refractivity contribution in [3.63, 3.8) is 0 Å². The lowest BCUT2D eigenvalue weighted by Crippen LogP contribution is -2.44. The van der Waals surface area contributed by atoms with Crippen molar-refractivity contribution in [3.8, 4) is 6.07 Å². The van der Waals surface area contributed by atoms with Gasteiger partial charge in [-0.05, 0) is 42.0 Å². The average molecular weight is 382 g/mol. The molecule has 2 aromatic rings. The monoisotopic (exact) mass is 382 g/mol. The van der Waals surface area contributed by atoms with E-state index in [2.05, 4.69) is 29.4 Å². The van der Waals surface area contributed by atoms with Crippen LogP contribution in [0.4, 0.5) is 4.79 Å². The van der Waals surface area contributed by atoms with Gasteiger partial charge in [0.1, 0.15) is 11.6 Å². The minimum atomic E-state index is -0.368. The van der Waals surface area contributed by atoms with Crippen molar-refractivity contribution in [1.29, 1.82) is 5.26 Å². The first-order valence-electron chi connectivity index (χ1n) is 8.95. The van der Waals surface area contributed by atoms with Gasteiger partial charge < -0.3 is 15.2 Å². The van der Waals surface area contributed by atoms with E-state index in [0.29, 0.717) is 19.5 Å². The molecule has 0 fully saturated rings. The number of thioether (sulfide) groups is 1. The van der Waals surface area contributed by atoms with Gasteiger partial charge in [-0.25, -0.2) is 4.79 Å². The number of nitrogens with zero attached hydrogens (tertiary/aromatic N) is 2. The maximum Gasteiger partial charge on any atom is 0.318 e. The molecule has 1 unspecified atom stereocenters. The Bertz CT molecular complexity index is 930. The molecular formula is C20H22N4O2S. The maximum absolute atomic E-state index is 12.7. The molecule has 1 aromatic carbocycles. The number of aromatic nitrogens is 1. The van der Waals surface area contributed by atoms with Crippen molar-refractivity contribution in [2.24, 2.45) is 0 Å². The predicted octanol–water partition coefficient (Wildman–Crippen LogP) is 3.19. The minimum Gasteiger partial charge on any atom is -0.331 e. The van der Waals surface area contributed by atoms with E-state index in [1.54, 1.807) is 22.7 Å². The van der Waals surface area contributed by atoms with Crippen LogP contribution in [0, 0.1) is 11.3 Å². The zero-order valence-corrected chi connectivity index (χ0v) is 16.2. The van der Waals surface area contributed by atoms with Crippen molar-refractivity contribution >= 4 is 17.8 Å². The summed E-state index contributed by atoms with van der Waals surface area (Å²) >= 11 is 1.79. The summed E-state index contributed by atoms with van der Waals surface area (Å²) in [5.74, 6) is 1.03. The summed E-state index contributed by atoms with van der Waals surface area (Å²) in [6, 6.07) is 11.4. The Balaban J connectivity index is 1.66. The standard InChI is InChI=1S/C20H22N4O2S/c1-3-27-17-6-4-14(5-7-17)13(2)22-20(26)24-9-8-18-16(12-24)10-15(11-21)19(25)23-18/h4-7,10,13H,3,8-9,12H2,1-2H3,(H,22,26)(H,23,25). The third kappa shape index (κ3) is 4.34. The van der Waals surface area contributed by atoms with Gasteiger partial charge in [-0.1, -0.05) is 19.1 Å². The number of urea groups is 1. The van der Waals surface area contributed by atoms with Crippen LogP contribution in [0.1, 0.15) is 42.3 Å². The van der Waals surface area contributed by atoms with Gasteiger partial charge >= 0.3 is 6.03 Å². The number of carbonyl (C=O) groups is 1. The number of pyridine rings is 1. The van der Waals surface area contributed by atoms with Crippen LogP contribution < -0.4 is 10.9 Å². The number of hydrogen-bond donors (Lipinski definition) is 2. The summed E-state index contributed by atoms with van der Waals surface area (Å²) in [5.41, 5.74) is 2.39. The van der Waals surface area contributed by atoms with Gasteiger partial charge in [0.15, 0.2) is 0 Å². The largest absolute Gasteiger partial charge is 0.331 e. The highest BCUT2D eigenvalue weighted by Gasteiger charge is 2.23. The van der Waals surface area contributed by atoms with E-state index in [1.165, 1.54) is 4.90 Å². The number of aromatic amines is 1. The van der Waals surface area contributed by atoms with Gasteiger partial charge in [0.2, 0.25) is 0 Å². The fourth-order valence-corrected chi connectivity index (χ4v) is 3.80. The smallest absolute Gasteiger partial charge is 0.318 e. The minimum absolute atomic E-state index is 0.0782. The molecule has 0 aliphatic carbocycles. The van der Waals surface area contributed by atoms with Crippen molar-refractivity contribution in [2.45, 2.75) is 37.8 Å². The fraction of sp³-hybridized carbons (Fsp3) is 0.350. The first kappa shape index (κ1) is 19.1. The predicted molar refractivity (Wildman–Crippen MR) is 106 cm³/mol. The van der Waals surface area contributed by atoms with Gasteiger partial charge in [0, 0.05) is 30.1 Å². The van der Waals surface area contributed by atoms with Crippen LogP contribution in [0.15, 0.2) is 40.0 Å². The molecule has 0 saturated heterocycles. The molecule has 2 amide bonds. The van der Waals surface area contributed by atoms with E-state index >= 15 is 0 Å². The molecule has 1 aromatic heterocycles. The summed E-state index contributed by atoms with van der Waals surface area (Å²) in [5, 5.41) is 12.1. The summed E-state index contributed by atoms with van der Waals surface area (Å²) < 4.78 is 0. The molecule has 140 valence electrons. The van der Waals surface area contributed by atoms with Crippen LogP contribution in [-0.2, 0) is 13.0 Å². The van der Waals surface area contributed by atoms with E-state index in [0.717, 1.165) is 22.6 Å². The summed E-state index contributed by atoms with van der Waals surface area (Å²) in [4.78, 5) is 30.1. The summed E-state index contributed by atoms with van der Waals surface area (Å²) in [6.07, 6.45) is 0.570. The molecule has 1 aliphatic heterocycles. The number of carbonyl (C=O) groups excluding carboxylic acids is 1. The van der Waals surface area contributed by atoms with Gasteiger partial charge in [0.25, 0.3) is 5.56 Å². The molecule has 1 atom stereocenters. The van der Waals surface area contributed by atoms with Gasteiger partial charge in [-0.3, -0.25) is 4.79 Å². The van der Waals surface area contributed by atoms with Crippen molar-refractivity contribution in [2.75, 3.05) is 12.3 Å². The number of H-pyrrole nitrogens is 1. The summed E-state index contributed by atoms with van der Waals surface area (Å²) in [6.45, 7) is 4.99. The number of hydrogen-bond acceptors (Lipinski definition) is 4. The summed E-state index contributed by atoms with van der Waals surface area (Å²) in [7, 11) is 0. The van der Waals surface area contributed by atoms with Crippen molar-refractivity contribution in [1.82, 2.24) is 15.2 Å². The Morgan fingerprint density at radius 2 is 2.15 bits per heavy atom. The number of fused-ring (bicyclic) bond motifs is 1. The molecule has 27 heavy (non-hydrogen) atoms. The third-order valence-electron chi connectivity index (χ3n) is 4.65. The second-order valence-corrected chi connectivity index (χ2v) is 7.81. The third-order valence-corrected chi connectivity index (χ3v) is 5.54. The number of benzene rings is 1. The highest BCUT2D eigenvalue weighted by molar-refractivity contribution is 7.99. The first-order chi connectivity index (χ1) is 13.0. The average Bonchev–Trinajstić information content (AvgIpc) is 2.67. The van der Waals surface area contributed by atoms with Crippen LogP contribution in [-0.4, -0.2) is 28.2 Å². The lowest BCUT2D eigenvalue weighted by atomic mass is 10.0. The Morgan fingerprint density at radius 3 is 2.81 bits per heavy atom. The molecule has 1 aliphatic rings. The Kier molecular flexibility index (Phi) is 5.87. The maximum atomic E-state index is 12.7. The quantitative estimate of drug-likeness (QED) is 0.795. The van der Waals surface area contributed by atoms with E-state index in [9.17, 15) is 9.59 Å². The number of amides is 2. The second kappa shape index (κ2) is 8.31. The number of nitriles is 1. The SMILES string of the molecule is CCSc1ccc(C(C)NC(=O)N2CCc3[nH]c(=O)c(C#N)cc3C2)cc1. The number of rotatable bonds is 4. The highest BCUT2D eigenvalue weighted by atomic mass is 32.2. The van der Waals surface area contributed by atoms with Gasteiger partial charge in [0.05, 0.1) is 6.04 Å². The van der Waals surface area contributed by atoms with E-state index in [-0.39, 0.29) is 23.2 Å². The van der Waals surface area contributed by atoms with Crippen LogP contribution in [0.5, 0.6) is 0 Å². The normalized spacial score (nSPS) is 14.2. The van der Waals surface area contributed by atoms with Gasteiger partial charge in [-0.15, -0.1) is 11.8 Å². The first-order valence-corrected chi connectivity index (χ1v) is 9.93. The highest BCUT2D eigenvalue weighted by Crippen LogP contribution is 2.22. The van der Waals surface area contributed by atoms with E-state index in [1.807, 2.05) is 25.1 Å². The van der Waals surface area contributed by atoms with Crippen LogP contribution in [0.2, 0.25) is 0 Å². The Morgan fingerprint density at radius 1 is 1.41 bits per heavy atom. The Hall–Kier alpha value is -2.72. The van der Waals surface area contributed by atoms with E-state index < -0.39 is 0 Å². The van der Waals surface area contributed by atoms with E-state index in [4.69, 9.17) is 5.26 Å². The van der Waals surface area contributed by atoms with Crippen molar-refractivity contribution < 1.29 is 4.79 Å². The molecule has 2 heterocycles. The Labute approximate surface area is 162 Å². The van der Waals surface area contributed by atoms with Gasteiger partial charge in [-0.2, -0.15) is 5.26 Å². The zero-order valence-electron chi connectivity index (χ0n) is 15.4. The fourth-order valence-electron chi connectivity index (χ4n) is 3.14. The molecule has 0 radical (unpaired) electrons. The van der Waals surface area contributed by atoms with Crippen LogP contribution in [0.3, 0.4) is 0 Å². The topological polar surface area (TPSA) is 89.0 Å². The van der Waals surface area contributed by atoms with Crippen LogP contribution >= 0.6 is 11.8 Å². The molecule has 0 saturated carbocycles. The van der Waals surface area contributed by atoms with Crippen molar-refractivity contribution in [3.05, 3.63) is 63.1 Å². The molecule has 3 rings (SSSR count). The number of nitrogens with one attached hydrogen (secondary N) is 2. The molecule has 2 N–H and O–H groups in total. The zero-order chi connectivity index (χ0) is 19.4. The second-order valence-electron chi connectivity index (χ2n) is 6.47. The molecule has 6 nitrogen and oxygen atoms in total. The lowest BCUT2D eigenvalue weighted by molar-refractivity contribution is 0.188. The molecular weight excluding hydrogens is 360 g/mol. The van der Waals surface area contributed by atoms with Crippen LogP contribution in [0.25, 0.3) is 0 Å². The lowest BCUT2D eigenvalue weighted by Gasteiger charge is -2.30. The molecule has 7 heteroatoms. The molecule has 0 bridgehead atoms. The molecule has 0 spiro atoms.